The zero-order valence-electron chi connectivity index (χ0n) is 8.60. The van der Waals surface area contributed by atoms with Crippen LogP contribution in [0.1, 0.15) is 18.4 Å². The van der Waals surface area contributed by atoms with Gasteiger partial charge in [0, 0.05) is 0 Å². The molecule has 1 nitrogen and oxygen atoms in total. The fourth-order valence-corrected chi connectivity index (χ4v) is 2.51. The highest BCUT2D eigenvalue weighted by Gasteiger charge is 2.16. The molecule has 0 radical (unpaired) electrons. The van der Waals surface area contributed by atoms with E-state index in [1.54, 1.807) is 6.07 Å². The Hall–Kier alpha value is -0.410. The summed E-state index contributed by atoms with van der Waals surface area (Å²) in [5.41, 5.74) is 0.844. The topological polar surface area (TPSA) is 12.0 Å². The number of benzene rings is 1. The molecule has 0 unspecified atom stereocenters. The van der Waals surface area contributed by atoms with E-state index in [1.807, 2.05) is 12.1 Å². The number of halogens is 2. The van der Waals surface area contributed by atoms with Crippen molar-refractivity contribution in [2.24, 2.45) is 5.92 Å². The first-order chi connectivity index (χ1) is 7.27. The third-order valence-electron chi connectivity index (χ3n) is 3.00. The molecule has 0 saturated carbocycles. The molecule has 0 aromatic heterocycles. The molecule has 1 heterocycles. The maximum atomic E-state index is 13.7. The molecule has 1 saturated heterocycles. The normalized spacial score (nSPS) is 18.0. The van der Waals surface area contributed by atoms with Crippen LogP contribution in [0.2, 0.25) is 0 Å². The molecule has 0 bridgehead atoms. The second-order valence-corrected chi connectivity index (χ2v) is 4.96. The summed E-state index contributed by atoms with van der Waals surface area (Å²) in [6.45, 7) is 2.14. The van der Waals surface area contributed by atoms with E-state index < -0.39 is 0 Å². The molecule has 1 aromatic carbocycles. The van der Waals surface area contributed by atoms with Crippen molar-refractivity contribution < 1.29 is 4.39 Å². The minimum atomic E-state index is -0.0870. The van der Waals surface area contributed by atoms with Gasteiger partial charge in [0.1, 0.15) is 5.82 Å². The lowest BCUT2D eigenvalue weighted by Crippen LogP contribution is -2.28. The molecule has 0 aliphatic carbocycles. The summed E-state index contributed by atoms with van der Waals surface area (Å²) in [7, 11) is 0. The molecule has 1 aliphatic heterocycles. The molecule has 1 aliphatic rings. The Balaban J connectivity index is 2.06. The summed E-state index contributed by atoms with van der Waals surface area (Å²) in [6.07, 6.45) is 3.19. The van der Waals surface area contributed by atoms with Crippen LogP contribution >= 0.6 is 15.9 Å². The van der Waals surface area contributed by atoms with E-state index in [2.05, 4.69) is 21.2 Å². The average Bonchev–Trinajstić information content (AvgIpc) is 2.26. The second-order valence-electron chi connectivity index (χ2n) is 4.11. The van der Waals surface area contributed by atoms with Gasteiger partial charge in [-0.05, 0) is 65.8 Å². The Morgan fingerprint density at radius 3 is 2.80 bits per heavy atom. The van der Waals surface area contributed by atoms with Crippen molar-refractivity contribution in [1.82, 2.24) is 5.32 Å². The van der Waals surface area contributed by atoms with Gasteiger partial charge in [-0.2, -0.15) is 0 Å². The summed E-state index contributed by atoms with van der Waals surface area (Å²) in [5.74, 6) is 0.547. The summed E-state index contributed by atoms with van der Waals surface area (Å²) < 4.78 is 14.3. The smallest absolute Gasteiger partial charge is 0.140 e. The minimum absolute atomic E-state index is 0.0870. The highest BCUT2D eigenvalue weighted by molar-refractivity contribution is 9.10. The van der Waals surface area contributed by atoms with E-state index in [0.29, 0.717) is 10.4 Å². The predicted octanol–water partition coefficient (Wildman–Crippen LogP) is 3.13. The average molecular weight is 272 g/mol. The van der Waals surface area contributed by atoms with Crippen LogP contribution in [0.4, 0.5) is 4.39 Å². The van der Waals surface area contributed by atoms with E-state index in [1.165, 1.54) is 0 Å². The molecule has 1 N–H and O–H groups in total. The van der Waals surface area contributed by atoms with Crippen molar-refractivity contribution in [3.05, 3.63) is 34.1 Å². The molecule has 3 heteroatoms. The van der Waals surface area contributed by atoms with Crippen molar-refractivity contribution in [3.8, 4) is 0 Å². The van der Waals surface area contributed by atoms with E-state index in [4.69, 9.17) is 0 Å². The number of rotatable bonds is 2. The highest BCUT2D eigenvalue weighted by atomic mass is 79.9. The Labute approximate surface area is 98.2 Å². The van der Waals surface area contributed by atoms with Gasteiger partial charge in [-0.3, -0.25) is 0 Å². The van der Waals surface area contributed by atoms with Gasteiger partial charge in [-0.15, -0.1) is 0 Å². The zero-order valence-corrected chi connectivity index (χ0v) is 10.2. The summed E-state index contributed by atoms with van der Waals surface area (Å²) >= 11 is 3.22. The molecule has 1 fully saturated rings. The molecular formula is C12H15BrFN. The first-order valence-electron chi connectivity index (χ1n) is 5.41. The standard InChI is InChI=1S/C12H15BrFN/c13-11-3-1-2-10(12(11)14)8-9-4-6-15-7-5-9/h1-3,9,15H,4-8H2. The maximum absolute atomic E-state index is 13.7. The number of nitrogens with one attached hydrogen (secondary N) is 1. The van der Waals surface area contributed by atoms with Crippen LogP contribution in [0.3, 0.4) is 0 Å². The number of piperidine rings is 1. The van der Waals surface area contributed by atoms with Gasteiger partial charge in [0.25, 0.3) is 0 Å². The van der Waals surface area contributed by atoms with Crippen LogP contribution in [0.5, 0.6) is 0 Å². The van der Waals surface area contributed by atoms with E-state index in [0.717, 1.165) is 37.9 Å². The molecular weight excluding hydrogens is 257 g/mol. The maximum Gasteiger partial charge on any atom is 0.140 e. The third kappa shape index (κ3) is 2.79. The Morgan fingerprint density at radius 1 is 1.33 bits per heavy atom. The van der Waals surface area contributed by atoms with Crippen molar-refractivity contribution in [3.63, 3.8) is 0 Å². The Bertz CT molecular complexity index is 334. The van der Waals surface area contributed by atoms with Crippen molar-refractivity contribution in [2.75, 3.05) is 13.1 Å². The molecule has 2 rings (SSSR count). The lowest BCUT2D eigenvalue weighted by atomic mass is 9.91. The summed E-state index contributed by atoms with van der Waals surface area (Å²) in [4.78, 5) is 0. The lowest BCUT2D eigenvalue weighted by Gasteiger charge is -2.22. The lowest BCUT2D eigenvalue weighted by molar-refractivity contribution is 0.368. The first kappa shape index (κ1) is 11.1. The second kappa shape index (κ2) is 5.08. The third-order valence-corrected chi connectivity index (χ3v) is 3.61. The van der Waals surface area contributed by atoms with Crippen LogP contribution in [-0.4, -0.2) is 13.1 Å². The molecule has 82 valence electrons. The van der Waals surface area contributed by atoms with Gasteiger partial charge < -0.3 is 5.32 Å². The van der Waals surface area contributed by atoms with Crippen LogP contribution in [0.25, 0.3) is 0 Å². The van der Waals surface area contributed by atoms with Crippen LogP contribution in [0.15, 0.2) is 22.7 Å². The SMILES string of the molecule is Fc1c(Br)cccc1CC1CCNCC1. The van der Waals surface area contributed by atoms with Crippen LogP contribution in [0, 0.1) is 11.7 Å². The monoisotopic (exact) mass is 271 g/mol. The van der Waals surface area contributed by atoms with Gasteiger partial charge >= 0.3 is 0 Å². The number of hydrogen-bond donors (Lipinski definition) is 1. The van der Waals surface area contributed by atoms with Gasteiger partial charge in [0.2, 0.25) is 0 Å². The first-order valence-corrected chi connectivity index (χ1v) is 6.20. The van der Waals surface area contributed by atoms with E-state index in [9.17, 15) is 4.39 Å². The van der Waals surface area contributed by atoms with Crippen molar-refractivity contribution >= 4 is 15.9 Å². The van der Waals surface area contributed by atoms with Gasteiger partial charge in [-0.25, -0.2) is 4.39 Å². The summed E-state index contributed by atoms with van der Waals surface area (Å²) in [5, 5.41) is 3.32. The van der Waals surface area contributed by atoms with Gasteiger partial charge in [0.15, 0.2) is 0 Å². The Kier molecular flexibility index (Phi) is 3.76. The molecule has 0 atom stereocenters. The fraction of sp³-hybridized carbons (Fsp3) is 0.500. The zero-order chi connectivity index (χ0) is 10.7. The highest BCUT2D eigenvalue weighted by Crippen LogP contribution is 2.24. The van der Waals surface area contributed by atoms with Crippen molar-refractivity contribution in [2.45, 2.75) is 19.3 Å². The molecule has 0 amide bonds. The van der Waals surface area contributed by atoms with Crippen molar-refractivity contribution in [1.29, 1.82) is 0 Å². The molecule has 1 aromatic rings. The van der Waals surface area contributed by atoms with Gasteiger partial charge in [-0.1, -0.05) is 12.1 Å². The largest absolute Gasteiger partial charge is 0.317 e. The predicted molar refractivity (Wildman–Crippen MR) is 63.4 cm³/mol. The summed E-state index contributed by atoms with van der Waals surface area (Å²) in [6, 6.07) is 5.55. The minimum Gasteiger partial charge on any atom is -0.317 e. The van der Waals surface area contributed by atoms with Gasteiger partial charge in [0.05, 0.1) is 4.47 Å². The molecule has 15 heavy (non-hydrogen) atoms. The number of hydrogen-bond acceptors (Lipinski definition) is 1. The fourth-order valence-electron chi connectivity index (χ4n) is 2.10. The van der Waals surface area contributed by atoms with Crippen LogP contribution < -0.4 is 5.32 Å². The molecule has 0 spiro atoms. The van der Waals surface area contributed by atoms with E-state index >= 15 is 0 Å². The Morgan fingerprint density at radius 2 is 2.07 bits per heavy atom. The quantitative estimate of drug-likeness (QED) is 0.872. The van der Waals surface area contributed by atoms with E-state index in [-0.39, 0.29) is 5.82 Å². The van der Waals surface area contributed by atoms with Crippen LogP contribution in [-0.2, 0) is 6.42 Å².